The van der Waals surface area contributed by atoms with Gasteiger partial charge < -0.3 is 5.32 Å². The monoisotopic (exact) mass is 332 g/mol. The molecule has 1 aromatic carbocycles. The maximum absolute atomic E-state index is 12.1. The van der Waals surface area contributed by atoms with Crippen molar-refractivity contribution in [2.45, 2.75) is 26.3 Å². The Balaban J connectivity index is 1.98. The van der Waals surface area contributed by atoms with Crippen molar-refractivity contribution in [2.24, 2.45) is 0 Å². The fourth-order valence-corrected chi connectivity index (χ4v) is 2.25. The van der Waals surface area contributed by atoms with Crippen LogP contribution < -0.4 is 5.32 Å². The van der Waals surface area contributed by atoms with Gasteiger partial charge in [-0.05, 0) is 48.7 Å². The number of aromatic nitrogens is 1. The molecule has 3 nitrogen and oxygen atoms in total. The van der Waals surface area contributed by atoms with Gasteiger partial charge in [-0.15, -0.1) is 0 Å². The third kappa shape index (κ3) is 3.90. The summed E-state index contributed by atoms with van der Waals surface area (Å²) < 4.78 is 1.03. The Morgan fingerprint density at radius 2 is 2.00 bits per heavy atom. The molecule has 1 atom stereocenters. The number of benzene rings is 1. The van der Waals surface area contributed by atoms with E-state index in [1.807, 2.05) is 44.2 Å². The summed E-state index contributed by atoms with van der Waals surface area (Å²) in [6.07, 6.45) is 3.85. The number of halogens is 1. The Kier molecular flexibility index (Phi) is 4.90. The number of nitrogens with zero attached hydrogens (tertiary/aromatic N) is 1. The van der Waals surface area contributed by atoms with E-state index in [1.54, 1.807) is 12.4 Å². The third-order valence-corrected chi connectivity index (χ3v) is 3.77. The van der Waals surface area contributed by atoms with E-state index in [0.717, 1.165) is 21.2 Å². The van der Waals surface area contributed by atoms with E-state index < -0.39 is 0 Å². The van der Waals surface area contributed by atoms with Gasteiger partial charge in [0.25, 0.3) is 0 Å². The Bertz CT molecular complexity index is 596. The number of hydrogen-bond acceptors (Lipinski definition) is 2. The van der Waals surface area contributed by atoms with Gasteiger partial charge in [0.2, 0.25) is 5.91 Å². The predicted octanol–water partition coefficient (Wildman–Crippen LogP) is 3.57. The van der Waals surface area contributed by atoms with Crippen LogP contribution in [0.2, 0.25) is 0 Å². The molecule has 1 amide bonds. The highest BCUT2D eigenvalue weighted by molar-refractivity contribution is 9.10. The van der Waals surface area contributed by atoms with E-state index in [4.69, 9.17) is 0 Å². The zero-order valence-corrected chi connectivity index (χ0v) is 13.1. The number of pyridine rings is 1. The maximum atomic E-state index is 12.1. The average Bonchev–Trinajstić information content (AvgIpc) is 2.42. The lowest BCUT2D eigenvalue weighted by molar-refractivity contribution is -0.121. The molecule has 0 spiro atoms. The van der Waals surface area contributed by atoms with Crippen LogP contribution in [0.1, 0.15) is 29.7 Å². The average molecular weight is 333 g/mol. The summed E-state index contributed by atoms with van der Waals surface area (Å²) in [5.74, 6) is 0.0107. The van der Waals surface area contributed by atoms with Crippen LogP contribution in [-0.2, 0) is 11.2 Å². The van der Waals surface area contributed by atoms with Crippen LogP contribution in [0.5, 0.6) is 0 Å². The number of hydrogen-bond donors (Lipinski definition) is 1. The molecule has 104 valence electrons. The normalized spacial score (nSPS) is 11.9. The van der Waals surface area contributed by atoms with E-state index in [1.165, 1.54) is 0 Å². The van der Waals surface area contributed by atoms with Gasteiger partial charge in [0.15, 0.2) is 0 Å². The van der Waals surface area contributed by atoms with Crippen LogP contribution in [0.15, 0.2) is 47.2 Å². The zero-order valence-electron chi connectivity index (χ0n) is 11.6. The van der Waals surface area contributed by atoms with Gasteiger partial charge in [0.05, 0.1) is 12.5 Å². The molecule has 0 aliphatic heterocycles. The van der Waals surface area contributed by atoms with E-state index in [0.29, 0.717) is 6.42 Å². The molecule has 20 heavy (non-hydrogen) atoms. The molecule has 0 radical (unpaired) electrons. The van der Waals surface area contributed by atoms with Crippen molar-refractivity contribution in [1.82, 2.24) is 10.3 Å². The van der Waals surface area contributed by atoms with Crippen molar-refractivity contribution < 1.29 is 4.79 Å². The lowest BCUT2D eigenvalue weighted by Crippen LogP contribution is -2.28. The van der Waals surface area contributed by atoms with Gasteiger partial charge in [-0.1, -0.05) is 28.1 Å². The number of aryl methyl sites for hydroxylation is 1. The summed E-state index contributed by atoms with van der Waals surface area (Å²) in [7, 11) is 0. The van der Waals surface area contributed by atoms with Crippen molar-refractivity contribution in [2.75, 3.05) is 0 Å². The molecule has 0 saturated heterocycles. The van der Waals surface area contributed by atoms with Gasteiger partial charge in [-0.25, -0.2) is 0 Å². The Morgan fingerprint density at radius 1 is 1.30 bits per heavy atom. The third-order valence-electron chi connectivity index (χ3n) is 3.25. The molecule has 1 heterocycles. The molecule has 0 bridgehead atoms. The van der Waals surface area contributed by atoms with Gasteiger partial charge in [-0.3, -0.25) is 9.78 Å². The van der Waals surface area contributed by atoms with Crippen LogP contribution in [-0.4, -0.2) is 10.9 Å². The minimum atomic E-state index is -0.00687. The molecule has 4 heteroatoms. The lowest BCUT2D eigenvalue weighted by Gasteiger charge is -2.15. The van der Waals surface area contributed by atoms with Crippen LogP contribution in [0.25, 0.3) is 0 Å². The second-order valence-electron chi connectivity index (χ2n) is 4.82. The smallest absolute Gasteiger partial charge is 0.224 e. The molecule has 0 saturated carbocycles. The van der Waals surface area contributed by atoms with E-state index in [-0.39, 0.29) is 11.9 Å². The zero-order chi connectivity index (χ0) is 14.5. The van der Waals surface area contributed by atoms with Crippen LogP contribution in [0, 0.1) is 6.92 Å². The van der Waals surface area contributed by atoms with E-state index >= 15 is 0 Å². The lowest BCUT2D eigenvalue weighted by atomic mass is 10.1. The first-order chi connectivity index (χ1) is 9.56. The SMILES string of the molecule is Cc1ccncc1CC(=O)NC(C)c1ccc(Br)cc1. The summed E-state index contributed by atoms with van der Waals surface area (Å²) in [5, 5.41) is 3.01. The van der Waals surface area contributed by atoms with Crippen LogP contribution in [0.3, 0.4) is 0 Å². The highest BCUT2D eigenvalue weighted by atomic mass is 79.9. The van der Waals surface area contributed by atoms with Crippen molar-refractivity contribution in [3.05, 3.63) is 63.9 Å². The van der Waals surface area contributed by atoms with Crippen molar-refractivity contribution in [1.29, 1.82) is 0 Å². The van der Waals surface area contributed by atoms with Crippen molar-refractivity contribution >= 4 is 21.8 Å². The summed E-state index contributed by atoms with van der Waals surface area (Å²) in [4.78, 5) is 16.1. The number of carbonyl (C=O) groups excluding carboxylic acids is 1. The minimum absolute atomic E-state index is 0.00687. The first-order valence-corrected chi connectivity index (χ1v) is 7.30. The minimum Gasteiger partial charge on any atom is -0.349 e. The second-order valence-corrected chi connectivity index (χ2v) is 5.74. The Morgan fingerprint density at radius 3 is 2.65 bits per heavy atom. The highest BCUT2D eigenvalue weighted by Gasteiger charge is 2.11. The molecule has 2 rings (SSSR count). The molecule has 1 unspecified atom stereocenters. The molecule has 0 fully saturated rings. The largest absolute Gasteiger partial charge is 0.349 e. The fraction of sp³-hybridized carbons (Fsp3) is 0.250. The highest BCUT2D eigenvalue weighted by Crippen LogP contribution is 2.16. The first kappa shape index (κ1) is 14.7. The molecule has 0 aliphatic carbocycles. The summed E-state index contributed by atoms with van der Waals surface area (Å²) in [6, 6.07) is 9.87. The number of nitrogens with one attached hydrogen (secondary N) is 1. The number of carbonyl (C=O) groups is 1. The van der Waals surface area contributed by atoms with Crippen molar-refractivity contribution in [3.63, 3.8) is 0 Å². The van der Waals surface area contributed by atoms with Gasteiger partial charge in [0, 0.05) is 16.9 Å². The molecule has 1 aromatic heterocycles. The maximum Gasteiger partial charge on any atom is 0.224 e. The summed E-state index contributed by atoms with van der Waals surface area (Å²) in [6.45, 7) is 3.97. The predicted molar refractivity (Wildman–Crippen MR) is 83.4 cm³/mol. The molecular weight excluding hydrogens is 316 g/mol. The summed E-state index contributed by atoms with van der Waals surface area (Å²) in [5.41, 5.74) is 3.14. The Hall–Kier alpha value is -1.68. The van der Waals surface area contributed by atoms with Crippen molar-refractivity contribution in [3.8, 4) is 0 Å². The molecular formula is C16H17BrN2O. The molecule has 0 aliphatic rings. The fourth-order valence-electron chi connectivity index (χ4n) is 1.98. The quantitative estimate of drug-likeness (QED) is 0.929. The van der Waals surface area contributed by atoms with Gasteiger partial charge in [0.1, 0.15) is 0 Å². The summed E-state index contributed by atoms with van der Waals surface area (Å²) >= 11 is 3.40. The van der Waals surface area contributed by atoms with Gasteiger partial charge >= 0.3 is 0 Å². The van der Waals surface area contributed by atoms with E-state index in [9.17, 15) is 4.79 Å². The molecule has 2 aromatic rings. The first-order valence-electron chi connectivity index (χ1n) is 6.50. The van der Waals surface area contributed by atoms with Crippen LogP contribution >= 0.6 is 15.9 Å². The number of amides is 1. The topological polar surface area (TPSA) is 42.0 Å². The van der Waals surface area contributed by atoms with E-state index in [2.05, 4.69) is 26.2 Å². The molecule has 1 N–H and O–H groups in total. The standard InChI is InChI=1S/C16H17BrN2O/c1-11-7-8-18-10-14(11)9-16(20)19-12(2)13-3-5-15(17)6-4-13/h3-8,10,12H,9H2,1-2H3,(H,19,20). The number of rotatable bonds is 4. The van der Waals surface area contributed by atoms with Crippen LogP contribution in [0.4, 0.5) is 0 Å². The van der Waals surface area contributed by atoms with Gasteiger partial charge in [-0.2, -0.15) is 0 Å². The second kappa shape index (κ2) is 6.66. The Labute approximate surface area is 127 Å².